The van der Waals surface area contributed by atoms with Crippen LogP contribution in [0, 0.1) is 0 Å². The molecule has 0 unspecified atom stereocenters. The fraction of sp³-hybridized carbons (Fsp3) is 0.0526. The summed E-state index contributed by atoms with van der Waals surface area (Å²) >= 11 is 0. The van der Waals surface area contributed by atoms with Gasteiger partial charge in [-0.25, -0.2) is 0 Å². The maximum Gasteiger partial charge on any atom is 0.255 e. The zero-order valence-corrected chi connectivity index (χ0v) is 11.9. The second kappa shape index (κ2) is 5.11. The van der Waals surface area contributed by atoms with Crippen molar-refractivity contribution in [3.63, 3.8) is 0 Å². The number of hydrogen-bond acceptors (Lipinski definition) is 2. The van der Waals surface area contributed by atoms with Gasteiger partial charge in [-0.05, 0) is 52.9 Å². The Morgan fingerprint density at radius 3 is 2.55 bits per heavy atom. The van der Waals surface area contributed by atoms with Crippen molar-refractivity contribution in [1.29, 1.82) is 0 Å². The molecule has 3 aromatic rings. The zero-order valence-electron chi connectivity index (χ0n) is 11.9. The van der Waals surface area contributed by atoms with Crippen molar-refractivity contribution in [3.05, 3.63) is 83.7 Å². The Morgan fingerprint density at radius 1 is 0.909 bits per heavy atom. The molecule has 0 bridgehead atoms. The normalized spacial score (nSPS) is 11.6. The lowest BCUT2D eigenvalue weighted by Gasteiger charge is -2.07. The summed E-state index contributed by atoms with van der Waals surface area (Å²) in [5.41, 5.74) is 6.42. The Labute approximate surface area is 128 Å². The summed E-state index contributed by atoms with van der Waals surface area (Å²) in [4.78, 5) is 16.3. The smallest absolute Gasteiger partial charge is 0.255 e. The summed E-state index contributed by atoms with van der Waals surface area (Å²) in [6, 6.07) is 17.8. The van der Waals surface area contributed by atoms with Crippen LogP contribution in [0.2, 0.25) is 0 Å². The summed E-state index contributed by atoms with van der Waals surface area (Å²) in [5, 5.41) is 2.89. The van der Waals surface area contributed by atoms with E-state index in [0.29, 0.717) is 5.56 Å². The molecule has 1 N–H and O–H groups in total. The second-order valence-electron chi connectivity index (χ2n) is 5.40. The second-order valence-corrected chi connectivity index (χ2v) is 5.40. The lowest BCUT2D eigenvalue weighted by atomic mass is 10.0. The van der Waals surface area contributed by atoms with Crippen LogP contribution in [-0.4, -0.2) is 10.9 Å². The summed E-state index contributed by atoms with van der Waals surface area (Å²) in [7, 11) is 0. The Hall–Kier alpha value is -2.94. The number of nitrogens with zero attached hydrogens (tertiary/aromatic N) is 1. The monoisotopic (exact) mass is 286 g/mol. The Balaban J connectivity index is 1.67. The molecule has 1 aliphatic carbocycles. The van der Waals surface area contributed by atoms with Crippen LogP contribution in [0.15, 0.2) is 67.0 Å². The predicted molar refractivity (Wildman–Crippen MR) is 86.9 cm³/mol. The summed E-state index contributed by atoms with van der Waals surface area (Å²) in [6.07, 6.45) is 4.26. The van der Waals surface area contributed by atoms with E-state index in [9.17, 15) is 4.79 Å². The minimum atomic E-state index is -0.0987. The topological polar surface area (TPSA) is 42.0 Å². The molecule has 0 spiro atoms. The van der Waals surface area contributed by atoms with E-state index in [4.69, 9.17) is 0 Å². The Morgan fingerprint density at radius 2 is 1.68 bits per heavy atom. The van der Waals surface area contributed by atoms with Gasteiger partial charge in [0.05, 0.1) is 0 Å². The maximum atomic E-state index is 12.4. The van der Waals surface area contributed by atoms with Crippen LogP contribution < -0.4 is 5.32 Å². The molecule has 2 aromatic carbocycles. The van der Waals surface area contributed by atoms with E-state index in [0.717, 1.165) is 17.7 Å². The zero-order chi connectivity index (χ0) is 14.9. The van der Waals surface area contributed by atoms with Crippen LogP contribution in [-0.2, 0) is 6.42 Å². The molecule has 106 valence electrons. The number of amides is 1. The molecule has 3 nitrogen and oxygen atoms in total. The fourth-order valence-electron chi connectivity index (χ4n) is 2.90. The number of fused-ring (bicyclic) bond motifs is 3. The van der Waals surface area contributed by atoms with E-state index in [1.165, 1.54) is 16.7 Å². The molecule has 22 heavy (non-hydrogen) atoms. The molecule has 1 aromatic heterocycles. The van der Waals surface area contributed by atoms with Gasteiger partial charge in [-0.1, -0.05) is 30.3 Å². The molecule has 1 aliphatic rings. The number of carbonyl (C=O) groups is 1. The molecule has 0 atom stereocenters. The molecule has 1 heterocycles. The average molecular weight is 286 g/mol. The molecule has 4 rings (SSSR count). The molecule has 0 saturated heterocycles. The number of aromatic nitrogens is 1. The van der Waals surface area contributed by atoms with Gasteiger partial charge >= 0.3 is 0 Å². The van der Waals surface area contributed by atoms with Crippen LogP contribution in [0.3, 0.4) is 0 Å². The average Bonchev–Trinajstić information content (AvgIpc) is 2.93. The van der Waals surface area contributed by atoms with Crippen molar-refractivity contribution < 1.29 is 4.79 Å². The summed E-state index contributed by atoms with van der Waals surface area (Å²) in [6.45, 7) is 0. The minimum absolute atomic E-state index is 0.0987. The van der Waals surface area contributed by atoms with Crippen molar-refractivity contribution >= 4 is 11.6 Å². The third-order valence-corrected chi connectivity index (χ3v) is 4.00. The van der Waals surface area contributed by atoms with E-state index >= 15 is 0 Å². The largest absolute Gasteiger partial charge is 0.322 e. The fourth-order valence-corrected chi connectivity index (χ4v) is 2.90. The first-order chi connectivity index (χ1) is 10.8. The molecule has 0 radical (unpaired) electrons. The highest BCUT2D eigenvalue weighted by Crippen LogP contribution is 2.36. The quantitative estimate of drug-likeness (QED) is 0.607. The molecule has 0 aliphatic heterocycles. The third kappa shape index (κ3) is 2.17. The first kappa shape index (κ1) is 12.8. The SMILES string of the molecule is O=C(Nc1ccncc1)c1ccc2c(c1)-c1ccccc1C2. The summed E-state index contributed by atoms with van der Waals surface area (Å²) in [5.74, 6) is -0.0987. The number of hydrogen-bond donors (Lipinski definition) is 1. The van der Waals surface area contributed by atoms with Gasteiger partial charge in [-0.3, -0.25) is 9.78 Å². The van der Waals surface area contributed by atoms with Gasteiger partial charge in [-0.2, -0.15) is 0 Å². The predicted octanol–water partition coefficient (Wildman–Crippen LogP) is 3.91. The van der Waals surface area contributed by atoms with E-state index in [1.54, 1.807) is 24.5 Å². The minimum Gasteiger partial charge on any atom is -0.322 e. The van der Waals surface area contributed by atoms with Crippen LogP contribution in [0.25, 0.3) is 11.1 Å². The van der Waals surface area contributed by atoms with Crippen molar-refractivity contribution in [3.8, 4) is 11.1 Å². The molecular formula is C19H14N2O. The molecular weight excluding hydrogens is 272 g/mol. The Kier molecular flexibility index (Phi) is 2.97. The molecule has 0 saturated carbocycles. The molecule has 0 fully saturated rings. The first-order valence-electron chi connectivity index (χ1n) is 7.24. The number of benzene rings is 2. The van der Waals surface area contributed by atoms with Gasteiger partial charge in [0.1, 0.15) is 0 Å². The van der Waals surface area contributed by atoms with Crippen molar-refractivity contribution in [2.45, 2.75) is 6.42 Å². The van der Waals surface area contributed by atoms with E-state index in [1.807, 2.05) is 18.2 Å². The number of carbonyl (C=O) groups excluding carboxylic acids is 1. The standard InChI is InChI=1S/C19H14N2O/c22-19(21-16-7-9-20-10-8-16)15-6-5-14-11-13-3-1-2-4-17(13)18(14)12-15/h1-10,12H,11H2,(H,20,21,22). The van der Waals surface area contributed by atoms with Gasteiger partial charge in [0.25, 0.3) is 5.91 Å². The number of rotatable bonds is 2. The van der Waals surface area contributed by atoms with E-state index < -0.39 is 0 Å². The molecule has 1 amide bonds. The van der Waals surface area contributed by atoms with Crippen LogP contribution in [0.1, 0.15) is 21.5 Å². The highest BCUT2D eigenvalue weighted by Gasteiger charge is 2.19. The lowest BCUT2D eigenvalue weighted by Crippen LogP contribution is -2.11. The van der Waals surface area contributed by atoms with Crippen LogP contribution >= 0.6 is 0 Å². The Bertz CT molecular complexity index is 856. The van der Waals surface area contributed by atoms with E-state index in [-0.39, 0.29) is 5.91 Å². The van der Waals surface area contributed by atoms with Gasteiger partial charge in [0.2, 0.25) is 0 Å². The first-order valence-corrected chi connectivity index (χ1v) is 7.24. The number of pyridine rings is 1. The van der Waals surface area contributed by atoms with Crippen molar-refractivity contribution in [2.24, 2.45) is 0 Å². The van der Waals surface area contributed by atoms with Gasteiger partial charge in [0.15, 0.2) is 0 Å². The van der Waals surface area contributed by atoms with E-state index in [2.05, 4.69) is 34.6 Å². The van der Waals surface area contributed by atoms with Gasteiger partial charge < -0.3 is 5.32 Å². The van der Waals surface area contributed by atoms with Crippen LogP contribution in [0.4, 0.5) is 5.69 Å². The summed E-state index contributed by atoms with van der Waals surface area (Å²) < 4.78 is 0. The highest BCUT2D eigenvalue weighted by molar-refractivity contribution is 6.05. The lowest BCUT2D eigenvalue weighted by molar-refractivity contribution is 0.102. The van der Waals surface area contributed by atoms with Gasteiger partial charge in [0, 0.05) is 23.6 Å². The maximum absolute atomic E-state index is 12.4. The van der Waals surface area contributed by atoms with Crippen LogP contribution in [0.5, 0.6) is 0 Å². The van der Waals surface area contributed by atoms with Crippen molar-refractivity contribution in [2.75, 3.05) is 5.32 Å². The number of nitrogens with one attached hydrogen (secondary N) is 1. The van der Waals surface area contributed by atoms with Gasteiger partial charge in [-0.15, -0.1) is 0 Å². The van der Waals surface area contributed by atoms with Crippen molar-refractivity contribution in [1.82, 2.24) is 4.98 Å². The highest BCUT2D eigenvalue weighted by atomic mass is 16.1. The molecule has 3 heteroatoms. The number of anilines is 1. The third-order valence-electron chi connectivity index (χ3n) is 4.00.